The van der Waals surface area contributed by atoms with E-state index in [1.54, 1.807) is 6.20 Å². The van der Waals surface area contributed by atoms with Crippen molar-refractivity contribution in [3.8, 4) is 0 Å². The summed E-state index contributed by atoms with van der Waals surface area (Å²) in [4.78, 5) is 8.67. The van der Waals surface area contributed by atoms with Crippen LogP contribution in [0.1, 0.15) is 19.0 Å². The third kappa shape index (κ3) is 1.95. The Labute approximate surface area is 96.9 Å². The highest BCUT2D eigenvalue weighted by molar-refractivity contribution is 9.10. The van der Waals surface area contributed by atoms with Gasteiger partial charge in [0.2, 0.25) is 0 Å². The van der Waals surface area contributed by atoms with Gasteiger partial charge in [0.05, 0.1) is 9.99 Å². The second-order valence-corrected chi connectivity index (χ2v) is 4.28. The average Bonchev–Trinajstić information content (AvgIpc) is 2.21. The van der Waals surface area contributed by atoms with Gasteiger partial charge in [0.1, 0.15) is 5.82 Å². The predicted molar refractivity (Wildman–Crippen MR) is 65.6 cm³/mol. The van der Waals surface area contributed by atoms with E-state index in [-0.39, 0.29) is 0 Å². The first-order chi connectivity index (χ1) is 7.22. The van der Waals surface area contributed by atoms with Gasteiger partial charge in [-0.15, -0.1) is 0 Å². The Morgan fingerprint density at radius 3 is 3.00 bits per heavy atom. The fourth-order valence-corrected chi connectivity index (χ4v) is 1.90. The minimum Gasteiger partial charge on any atom is -0.383 e. The van der Waals surface area contributed by atoms with Crippen LogP contribution in [0.2, 0.25) is 0 Å². The molecule has 0 aliphatic rings. The molecular formula is C11H12BrN3. The van der Waals surface area contributed by atoms with Crippen LogP contribution in [-0.4, -0.2) is 9.97 Å². The van der Waals surface area contributed by atoms with Crippen LogP contribution in [0.4, 0.5) is 5.82 Å². The summed E-state index contributed by atoms with van der Waals surface area (Å²) in [6.45, 7) is 2.14. The Balaban J connectivity index is 2.68. The maximum absolute atomic E-state index is 5.73. The Morgan fingerprint density at radius 1 is 1.47 bits per heavy atom. The van der Waals surface area contributed by atoms with Gasteiger partial charge in [-0.1, -0.05) is 13.3 Å². The number of nitrogens with zero attached hydrogens (tertiary/aromatic N) is 2. The molecule has 0 aliphatic heterocycles. The molecule has 2 heterocycles. The lowest BCUT2D eigenvalue weighted by Gasteiger charge is -2.05. The summed E-state index contributed by atoms with van der Waals surface area (Å²) in [6.07, 6.45) is 3.83. The van der Waals surface area contributed by atoms with Gasteiger partial charge in [-0.3, -0.25) is 4.98 Å². The zero-order valence-electron chi connectivity index (χ0n) is 8.50. The van der Waals surface area contributed by atoms with E-state index in [1.165, 1.54) is 0 Å². The van der Waals surface area contributed by atoms with E-state index in [0.29, 0.717) is 5.82 Å². The van der Waals surface area contributed by atoms with Gasteiger partial charge in [0.15, 0.2) is 0 Å². The third-order valence-corrected chi connectivity index (χ3v) is 2.93. The number of halogens is 1. The van der Waals surface area contributed by atoms with Crippen molar-refractivity contribution >= 4 is 32.7 Å². The Bertz CT molecular complexity index is 496. The number of nitrogens with two attached hydrogens (primary N) is 1. The van der Waals surface area contributed by atoms with Crippen molar-refractivity contribution in [2.45, 2.75) is 19.8 Å². The minimum absolute atomic E-state index is 0.524. The van der Waals surface area contributed by atoms with Crippen LogP contribution < -0.4 is 5.73 Å². The molecule has 3 nitrogen and oxygen atoms in total. The second-order valence-electron chi connectivity index (χ2n) is 3.43. The molecule has 0 bridgehead atoms. The largest absolute Gasteiger partial charge is 0.383 e. The molecule has 0 saturated heterocycles. The lowest BCUT2D eigenvalue weighted by molar-refractivity contribution is 0.892. The van der Waals surface area contributed by atoms with E-state index in [0.717, 1.165) is 33.9 Å². The van der Waals surface area contributed by atoms with E-state index in [4.69, 9.17) is 5.73 Å². The van der Waals surface area contributed by atoms with Crippen molar-refractivity contribution in [3.05, 3.63) is 28.5 Å². The van der Waals surface area contributed by atoms with Crippen LogP contribution in [0, 0.1) is 0 Å². The lowest BCUT2D eigenvalue weighted by Crippen LogP contribution is -1.96. The van der Waals surface area contributed by atoms with Gasteiger partial charge in [-0.25, -0.2) is 4.98 Å². The average molecular weight is 266 g/mol. The van der Waals surface area contributed by atoms with Crippen molar-refractivity contribution in [2.24, 2.45) is 0 Å². The minimum atomic E-state index is 0.524. The molecule has 0 aromatic carbocycles. The molecule has 2 rings (SSSR count). The number of hydrogen-bond acceptors (Lipinski definition) is 3. The monoisotopic (exact) mass is 265 g/mol. The van der Waals surface area contributed by atoms with E-state index in [9.17, 15) is 0 Å². The van der Waals surface area contributed by atoms with Crippen molar-refractivity contribution in [1.82, 2.24) is 9.97 Å². The van der Waals surface area contributed by atoms with E-state index in [1.807, 2.05) is 12.1 Å². The first-order valence-electron chi connectivity index (χ1n) is 4.92. The van der Waals surface area contributed by atoms with Crippen LogP contribution in [-0.2, 0) is 6.42 Å². The fourth-order valence-electron chi connectivity index (χ4n) is 1.58. The summed E-state index contributed by atoms with van der Waals surface area (Å²) in [5.41, 5.74) is 7.73. The fraction of sp³-hybridized carbons (Fsp3) is 0.273. The lowest BCUT2D eigenvalue weighted by atomic mass is 10.1. The Morgan fingerprint density at radius 2 is 2.27 bits per heavy atom. The molecule has 0 fully saturated rings. The number of anilines is 1. The molecule has 15 heavy (non-hydrogen) atoms. The summed E-state index contributed by atoms with van der Waals surface area (Å²) in [5, 5.41) is 1.08. The number of hydrogen-bond donors (Lipinski definition) is 1. The van der Waals surface area contributed by atoms with E-state index < -0.39 is 0 Å². The molecular weight excluding hydrogens is 254 g/mol. The first-order valence-corrected chi connectivity index (χ1v) is 5.71. The first kappa shape index (κ1) is 10.4. The molecule has 78 valence electrons. The van der Waals surface area contributed by atoms with Crippen LogP contribution in [0.5, 0.6) is 0 Å². The van der Waals surface area contributed by atoms with Crippen molar-refractivity contribution in [1.29, 1.82) is 0 Å². The van der Waals surface area contributed by atoms with Gasteiger partial charge >= 0.3 is 0 Å². The molecule has 2 N–H and O–H groups in total. The van der Waals surface area contributed by atoms with Gasteiger partial charge in [-0.2, -0.15) is 0 Å². The normalized spacial score (nSPS) is 10.8. The zero-order chi connectivity index (χ0) is 10.8. The van der Waals surface area contributed by atoms with E-state index in [2.05, 4.69) is 32.8 Å². The Kier molecular flexibility index (Phi) is 2.86. The number of aromatic nitrogens is 2. The molecule has 0 radical (unpaired) electrons. The summed E-state index contributed by atoms with van der Waals surface area (Å²) < 4.78 is 0.834. The molecule has 0 spiro atoms. The molecule has 0 atom stereocenters. The Hall–Kier alpha value is -1.16. The van der Waals surface area contributed by atoms with Gasteiger partial charge in [0.25, 0.3) is 0 Å². The number of aryl methyl sites for hydroxylation is 1. The maximum Gasteiger partial charge on any atom is 0.138 e. The summed E-state index contributed by atoms with van der Waals surface area (Å²) in [6, 6.07) is 3.88. The quantitative estimate of drug-likeness (QED) is 0.909. The highest BCUT2D eigenvalue weighted by atomic mass is 79.9. The van der Waals surface area contributed by atoms with Crippen LogP contribution in [0.3, 0.4) is 0 Å². The highest BCUT2D eigenvalue weighted by Gasteiger charge is 2.05. The summed E-state index contributed by atoms with van der Waals surface area (Å²) in [7, 11) is 0. The van der Waals surface area contributed by atoms with Crippen LogP contribution in [0.25, 0.3) is 10.9 Å². The SMILES string of the molecule is CCCc1nccc2nc(N)c(Br)cc12. The number of pyridine rings is 2. The van der Waals surface area contributed by atoms with E-state index >= 15 is 0 Å². The standard InChI is InChI=1S/C11H12BrN3/c1-2-3-9-7-6-8(12)11(13)15-10(7)4-5-14-9/h4-6H,2-3H2,1H3,(H2,13,15). The van der Waals surface area contributed by atoms with Crippen LogP contribution >= 0.6 is 15.9 Å². The molecule has 2 aromatic heterocycles. The van der Waals surface area contributed by atoms with Crippen molar-refractivity contribution in [2.75, 3.05) is 5.73 Å². The molecule has 0 unspecified atom stereocenters. The van der Waals surface area contributed by atoms with Gasteiger partial charge < -0.3 is 5.73 Å². The molecule has 0 amide bonds. The van der Waals surface area contributed by atoms with Crippen molar-refractivity contribution < 1.29 is 0 Å². The van der Waals surface area contributed by atoms with Gasteiger partial charge in [0, 0.05) is 17.3 Å². The van der Waals surface area contributed by atoms with Gasteiger partial charge in [-0.05, 0) is 34.5 Å². The predicted octanol–water partition coefficient (Wildman–Crippen LogP) is 2.93. The zero-order valence-corrected chi connectivity index (χ0v) is 10.1. The number of nitrogen functional groups attached to an aromatic ring is 1. The molecule has 0 aliphatic carbocycles. The van der Waals surface area contributed by atoms with Crippen molar-refractivity contribution in [3.63, 3.8) is 0 Å². The maximum atomic E-state index is 5.73. The molecule has 0 saturated carbocycles. The highest BCUT2D eigenvalue weighted by Crippen LogP contribution is 2.24. The second kappa shape index (κ2) is 4.14. The topological polar surface area (TPSA) is 51.8 Å². The smallest absolute Gasteiger partial charge is 0.138 e. The third-order valence-electron chi connectivity index (χ3n) is 2.29. The molecule has 4 heteroatoms. The summed E-state index contributed by atoms with van der Waals surface area (Å²) >= 11 is 3.39. The number of fused-ring (bicyclic) bond motifs is 1. The summed E-state index contributed by atoms with van der Waals surface area (Å²) in [5.74, 6) is 0.524. The molecule has 2 aromatic rings. The van der Waals surface area contributed by atoms with Crippen LogP contribution in [0.15, 0.2) is 22.8 Å². The number of rotatable bonds is 2.